The molecule has 1 amide bonds. The maximum Gasteiger partial charge on any atom is 0.329 e. The van der Waals surface area contributed by atoms with Crippen molar-refractivity contribution in [1.29, 1.82) is 0 Å². The smallest absolute Gasteiger partial charge is 0.329 e. The van der Waals surface area contributed by atoms with E-state index in [1.807, 2.05) is 0 Å². The highest BCUT2D eigenvalue weighted by atomic mass is 16.5. The number of ether oxygens (including phenoxy) is 1. The van der Waals surface area contributed by atoms with Crippen LogP contribution in [0.1, 0.15) is 61.7 Å². The number of piperidine rings is 1. The van der Waals surface area contributed by atoms with Crippen molar-refractivity contribution in [3.8, 4) is 0 Å². The van der Waals surface area contributed by atoms with Crippen molar-refractivity contribution in [3.05, 3.63) is 30.1 Å². The van der Waals surface area contributed by atoms with Gasteiger partial charge in [0.05, 0.1) is 5.56 Å². The highest BCUT2D eigenvalue weighted by Gasteiger charge is 2.35. The van der Waals surface area contributed by atoms with Crippen molar-refractivity contribution in [2.75, 3.05) is 6.54 Å². The Morgan fingerprint density at radius 1 is 1.09 bits per heavy atom. The largest absolute Gasteiger partial charge is 0.461 e. The van der Waals surface area contributed by atoms with Gasteiger partial charge in [0.1, 0.15) is 12.1 Å². The van der Waals surface area contributed by atoms with Crippen LogP contribution in [0, 0.1) is 0 Å². The summed E-state index contributed by atoms with van der Waals surface area (Å²) in [5.41, 5.74) is 0.532. The van der Waals surface area contributed by atoms with Gasteiger partial charge in [-0.05, 0) is 57.1 Å². The summed E-state index contributed by atoms with van der Waals surface area (Å²) in [5.74, 6) is -0.350. The van der Waals surface area contributed by atoms with Gasteiger partial charge in [0.15, 0.2) is 0 Å². The van der Waals surface area contributed by atoms with E-state index in [1.165, 1.54) is 6.42 Å². The number of aromatic nitrogens is 1. The number of hydrogen-bond donors (Lipinski definition) is 0. The summed E-state index contributed by atoms with van der Waals surface area (Å²) in [6.45, 7) is 0.609. The number of rotatable bonds is 3. The number of pyridine rings is 1. The zero-order chi connectivity index (χ0) is 16.1. The Hall–Kier alpha value is -1.91. The molecule has 1 atom stereocenters. The Labute approximate surface area is 137 Å². The number of carbonyl (C=O) groups excluding carboxylic acids is 2. The Bertz CT molecular complexity index is 540. The van der Waals surface area contributed by atoms with Crippen molar-refractivity contribution in [2.45, 2.75) is 63.5 Å². The van der Waals surface area contributed by atoms with E-state index in [-0.39, 0.29) is 18.0 Å². The van der Waals surface area contributed by atoms with E-state index in [2.05, 4.69) is 4.98 Å². The van der Waals surface area contributed by atoms with Crippen LogP contribution in [0.25, 0.3) is 0 Å². The SMILES string of the molecule is O=C(OC1CCCCC1)[C@H]1CCCCN1C(=O)c1cccnc1. The molecule has 0 spiro atoms. The highest BCUT2D eigenvalue weighted by Crippen LogP contribution is 2.24. The fraction of sp³-hybridized carbons (Fsp3) is 0.611. The summed E-state index contributed by atoms with van der Waals surface area (Å²) < 4.78 is 5.70. The predicted octanol–water partition coefficient (Wildman–Crippen LogP) is 2.95. The quantitative estimate of drug-likeness (QED) is 0.804. The van der Waals surface area contributed by atoms with E-state index >= 15 is 0 Å². The van der Waals surface area contributed by atoms with Crippen LogP contribution in [-0.4, -0.2) is 40.5 Å². The van der Waals surface area contributed by atoms with Crippen LogP contribution in [0.2, 0.25) is 0 Å². The third kappa shape index (κ3) is 3.89. The number of carbonyl (C=O) groups is 2. The molecule has 0 aromatic carbocycles. The molecule has 1 aromatic rings. The summed E-state index contributed by atoms with van der Waals surface area (Å²) in [7, 11) is 0. The topological polar surface area (TPSA) is 59.5 Å². The monoisotopic (exact) mass is 316 g/mol. The van der Waals surface area contributed by atoms with Crippen LogP contribution in [0.4, 0.5) is 0 Å². The lowest BCUT2D eigenvalue weighted by Gasteiger charge is -2.35. The second-order valence-corrected chi connectivity index (χ2v) is 6.45. The van der Waals surface area contributed by atoms with E-state index in [0.717, 1.165) is 38.5 Å². The molecule has 1 saturated heterocycles. The van der Waals surface area contributed by atoms with Gasteiger partial charge in [0.25, 0.3) is 5.91 Å². The van der Waals surface area contributed by atoms with E-state index < -0.39 is 6.04 Å². The first-order valence-electron chi connectivity index (χ1n) is 8.67. The van der Waals surface area contributed by atoms with Crippen LogP contribution in [0.15, 0.2) is 24.5 Å². The lowest BCUT2D eigenvalue weighted by atomic mass is 9.97. The minimum absolute atomic E-state index is 0.0357. The van der Waals surface area contributed by atoms with Gasteiger partial charge in [-0.1, -0.05) is 6.42 Å². The Balaban J connectivity index is 1.68. The second kappa shape index (κ2) is 7.57. The first-order chi connectivity index (χ1) is 11.3. The molecule has 5 heteroatoms. The van der Waals surface area contributed by atoms with Gasteiger partial charge in [-0.25, -0.2) is 4.79 Å². The fourth-order valence-electron chi connectivity index (χ4n) is 3.50. The zero-order valence-corrected chi connectivity index (χ0v) is 13.4. The molecular weight excluding hydrogens is 292 g/mol. The van der Waals surface area contributed by atoms with E-state index in [4.69, 9.17) is 4.74 Å². The minimum atomic E-state index is -0.446. The standard InChI is InChI=1S/C18H24N2O3/c21-17(14-7-6-11-19-13-14)20-12-5-4-10-16(20)18(22)23-15-8-2-1-3-9-15/h6-7,11,13,15-16H,1-5,8-10,12H2/t16-/m1/s1. The number of esters is 1. The van der Waals surface area contributed by atoms with Crippen molar-refractivity contribution in [1.82, 2.24) is 9.88 Å². The third-order valence-electron chi connectivity index (χ3n) is 4.78. The summed E-state index contributed by atoms with van der Waals surface area (Å²) in [6.07, 6.45) is 11.2. The van der Waals surface area contributed by atoms with Gasteiger partial charge < -0.3 is 9.64 Å². The molecule has 1 saturated carbocycles. The second-order valence-electron chi connectivity index (χ2n) is 6.45. The molecular formula is C18H24N2O3. The van der Waals surface area contributed by atoms with E-state index in [0.29, 0.717) is 18.5 Å². The molecule has 2 heterocycles. The lowest BCUT2D eigenvalue weighted by molar-refractivity contribution is -0.157. The number of amides is 1. The van der Waals surface area contributed by atoms with Gasteiger partial charge >= 0.3 is 5.97 Å². The van der Waals surface area contributed by atoms with Gasteiger partial charge in [-0.3, -0.25) is 9.78 Å². The molecule has 0 N–H and O–H groups in total. The predicted molar refractivity (Wildman–Crippen MR) is 85.9 cm³/mol. The average molecular weight is 316 g/mol. The Morgan fingerprint density at radius 2 is 1.87 bits per heavy atom. The van der Waals surface area contributed by atoms with Gasteiger partial charge in [-0.15, -0.1) is 0 Å². The average Bonchev–Trinajstić information content (AvgIpc) is 2.62. The molecule has 3 rings (SSSR count). The number of hydrogen-bond acceptors (Lipinski definition) is 4. The van der Waals surface area contributed by atoms with Gasteiger partial charge in [0.2, 0.25) is 0 Å². The molecule has 0 bridgehead atoms. The highest BCUT2D eigenvalue weighted by molar-refractivity contribution is 5.96. The van der Waals surface area contributed by atoms with Gasteiger partial charge in [0, 0.05) is 18.9 Å². The normalized spacial score (nSPS) is 22.6. The van der Waals surface area contributed by atoms with E-state index in [1.54, 1.807) is 29.4 Å². The summed E-state index contributed by atoms with van der Waals surface area (Å²) in [6, 6.07) is 3.04. The van der Waals surface area contributed by atoms with Crippen LogP contribution < -0.4 is 0 Å². The minimum Gasteiger partial charge on any atom is -0.461 e. The first-order valence-corrected chi connectivity index (χ1v) is 8.67. The Morgan fingerprint density at radius 3 is 2.61 bits per heavy atom. The molecule has 23 heavy (non-hydrogen) atoms. The maximum atomic E-state index is 12.7. The molecule has 2 fully saturated rings. The fourth-order valence-corrected chi connectivity index (χ4v) is 3.50. The van der Waals surface area contributed by atoms with Crippen molar-refractivity contribution in [3.63, 3.8) is 0 Å². The van der Waals surface area contributed by atoms with Crippen LogP contribution in [-0.2, 0) is 9.53 Å². The molecule has 5 nitrogen and oxygen atoms in total. The number of likely N-dealkylation sites (tertiary alicyclic amines) is 1. The van der Waals surface area contributed by atoms with Crippen molar-refractivity contribution >= 4 is 11.9 Å². The molecule has 2 aliphatic rings. The van der Waals surface area contributed by atoms with E-state index in [9.17, 15) is 9.59 Å². The summed E-state index contributed by atoms with van der Waals surface area (Å²) in [4.78, 5) is 30.9. The van der Waals surface area contributed by atoms with Crippen molar-refractivity contribution in [2.24, 2.45) is 0 Å². The van der Waals surface area contributed by atoms with Crippen LogP contribution in [0.3, 0.4) is 0 Å². The number of nitrogens with zero attached hydrogens (tertiary/aromatic N) is 2. The van der Waals surface area contributed by atoms with Gasteiger partial charge in [-0.2, -0.15) is 0 Å². The molecule has 124 valence electrons. The first kappa shape index (κ1) is 16.0. The van der Waals surface area contributed by atoms with Crippen molar-refractivity contribution < 1.29 is 14.3 Å². The Kier molecular flexibility index (Phi) is 5.26. The third-order valence-corrected chi connectivity index (χ3v) is 4.78. The molecule has 1 aromatic heterocycles. The molecule has 0 radical (unpaired) electrons. The molecule has 1 aliphatic heterocycles. The molecule has 0 unspecified atom stereocenters. The molecule has 1 aliphatic carbocycles. The van der Waals surface area contributed by atoms with Crippen LogP contribution >= 0.6 is 0 Å². The van der Waals surface area contributed by atoms with Crippen LogP contribution in [0.5, 0.6) is 0 Å². The zero-order valence-electron chi connectivity index (χ0n) is 13.4. The summed E-state index contributed by atoms with van der Waals surface area (Å²) >= 11 is 0. The summed E-state index contributed by atoms with van der Waals surface area (Å²) in [5, 5.41) is 0. The maximum absolute atomic E-state index is 12.7. The lowest BCUT2D eigenvalue weighted by Crippen LogP contribution is -2.49.